The van der Waals surface area contributed by atoms with E-state index in [2.05, 4.69) is 9.97 Å². The molecule has 2 rings (SSSR count). The van der Waals surface area contributed by atoms with Crippen molar-refractivity contribution < 1.29 is 9.84 Å². The standard InChI is InChI=1S/C16H20N2O2/c1-10-15(11(2)18-9-17-10)13-7-6-12(8-14(13)19)20-16(3,4)5/h6-9,19H,1-5H3. The second-order valence-electron chi connectivity index (χ2n) is 5.81. The van der Waals surface area contributed by atoms with Crippen molar-refractivity contribution in [3.05, 3.63) is 35.9 Å². The first-order valence-corrected chi connectivity index (χ1v) is 6.58. The highest BCUT2D eigenvalue weighted by Crippen LogP contribution is 2.35. The molecule has 0 radical (unpaired) electrons. The zero-order valence-corrected chi connectivity index (χ0v) is 12.6. The Labute approximate surface area is 119 Å². The minimum absolute atomic E-state index is 0.174. The van der Waals surface area contributed by atoms with Crippen LogP contribution in [0.15, 0.2) is 24.5 Å². The fourth-order valence-corrected chi connectivity index (χ4v) is 2.12. The van der Waals surface area contributed by atoms with Crippen molar-refractivity contribution in [1.82, 2.24) is 9.97 Å². The van der Waals surface area contributed by atoms with Crippen LogP contribution in [0.2, 0.25) is 0 Å². The smallest absolute Gasteiger partial charge is 0.127 e. The normalized spacial score (nSPS) is 11.4. The summed E-state index contributed by atoms with van der Waals surface area (Å²) in [5.41, 5.74) is 2.99. The number of hydrogen-bond acceptors (Lipinski definition) is 4. The first-order valence-electron chi connectivity index (χ1n) is 6.58. The van der Waals surface area contributed by atoms with Crippen LogP contribution in [-0.4, -0.2) is 20.7 Å². The molecule has 1 heterocycles. The maximum Gasteiger partial charge on any atom is 0.127 e. The summed E-state index contributed by atoms with van der Waals surface area (Å²) in [6.07, 6.45) is 1.53. The van der Waals surface area contributed by atoms with Gasteiger partial charge < -0.3 is 9.84 Å². The number of nitrogens with zero attached hydrogens (tertiary/aromatic N) is 2. The molecule has 2 aromatic rings. The molecular formula is C16H20N2O2. The number of aromatic nitrogens is 2. The Morgan fingerprint density at radius 1 is 1.05 bits per heavy atom. The lowest BCUT2D eigenvalue weighted by atomic mass is 10.0. The lowest BCUT2D eigenvalue weighted by molar-refractivity contribution is 0.130. The zero-order valence-electron chi connectivity index (χ0n) is 12.6. The average Bonchev–Trinajstić information content (AvgIpc) is 2.29. The van der Waals surface area contributed by atoms with Crippen LogP contribution >= 0.6 is 0 Å². The fraction of sp³-hybridized carbons (Fsp3) is 0.375. The molecule has 0 amide bonds. The number of benzene rings is 1. The Morgan fingerprint density at radius 3 is 2.15 bits per heavy atom. The van der Waals surface area contributed by atoms with Gasteiger partial charge >= 0.3 is 0 Å². The molecular weight excluding hydrogens is 252 g/mol. The van der Waals surface area contributed by atoms with Crippen molar-refractivity contribution in [3.63, 3.8) is 0 Å². The van der Waals surface area contributed by atoms with Crippen LogP contribution in [-0.2, 0) is 0 Å². The third kappa shape index (κ3) is 3.07. The molecule has 0 saturated carbocycles. The molecule has 1 aromatic carbocycles. The molecule has 0 aliphatic heterocycles. The van der Waals surface area contributed by atoms with Crippen molar-refractivity contribution in [2.75, 3.05) is 0 Å². The monoisotopic (exact) mass is 272 g/mol. The minimum Gasteiger partial charge on any atom is -0.507 e. The maximum atomic E-state index is 10.3. The molecule has 4 nitrogen and oxygen atoms in total. The Bertz CT molecular complexity index is 611. The molecule has 1 aromatic heterocycles. The van der Waals surface area contributed by atoms with Gasteiger partial charge in [-0.2, -0.15) is 0 Å². The first-order chi connectivity index (χ1) is 9.28. The van der Waals surface area contributed by atoms with Crippen LogP contribution < -0.4 is 4.74 Å². The van der Waals surface area contributed by atoms with Crippen LogP contribution in [0.3, 0.4) is 0 Å². The average molecular weight is 272 g/mol. The van der Waals surface area contributed by atoms with E-state index >= 15 is 0 Å². The Balaban J connectivity index is 2.45. The Morgan fingerprint density at radius 2 is 1.65 bits per heavy atom. The van der Waals surface area contributed by atoms with E-state index in [1.54, 1.807) is 6.07 Å². The SMILES string of the molecule is Cc1ncnc(C)c1-c1ccc(OC(C)(C)C)cc1O. The molecule has 20 heavy (non-hydrogen) atoms. The summed E-state index contributed by atoms with van der Waals surface area (Å²) in [6, 6.07) is 5.33. The van der Waals surface area contributed by atoms with Crippen LogP contribution in [0.5, 0.6) is 11.5 Å². The maximum absolute atomic E-state index is 10.3. The second-order valence-corrected chi connectivity index (χ2v) is 5.81. The van der Waals surface area contributed by atoms with Crippen molar-refractivity contribution in [2.45, 2.75) is 40.2 Å². The van der Waals surface area contributed by atoms with Crippen molar-refractivity contribution in [3.8, 4) is 22.6 Å². The molecule has 0 unspecified atom stereocenters. The summed E-state index contributed by atoms with van der Waals surface area (Å²) in [5.74, 6) is 0.818. The van der Waals surface area contributed by atoms with Gasteiger partial charge in [0.05, 0.1) is 0 Å². The quantitative estimate of drug-likeness (QED) is 0.906. The lowest BCUT2D eigenvalue weighted by Gasteiger charge is -2.21. The van der Waals surface area contributed by atoms with E-state index in [4.69, 9.17) is 4.74 Å². The van der Waals surface area contributed by atoms with Crippen molar-refractivity contribution in [1.29, 1.82) is 0 Å². The van der Waals surface area contributed by atoms with Gasteiger partial charge in [0, 0.05) is 28.6 Å². The van der Waals surface area contributed by atoms with Gasteiger partial charge in [-0.3, -0.25) is 0 Å². The predicted molar refractivity (Wildman–Crippen MR) is 79.0 cm³/mol. The van der Waals surface area contributed by atoms with Crippen molar-refractivity contribution >= 4 is 0 Å². The van der Waals surface area contributed by atoms with Gasteiger partial charge in [-0.05, 0) is 46.8 Å². The summed E-state index contributed by atoms with van der Waals surface area (Å²) in [6.45, 7) is 9.72. The number of phenols is 1. The minimum atomic E-state index is -0.296. The number of rotatable bonds is 2. The molecule has 0 aliphatic carbocycles. The predicted octanol–water partition coefficient (Wildman–Crippen LogP) is 3.64. The first kappa shape index (κ1) is 14.3. The van der Waals surface area contributed by atoms with E-state index in [-0.39, 0.29) is 11.4 Å². The summed E-state index contributed by atoms with van der Waals surface area (Å²) < 4.78 is 5.74. The molecule has 106 valence electrons. The van der Waals surface area contributed by atoms with E-state index in [0.29, 0.717) is 5.75 Å². The van der Waals surface area contributed by atoms with Crippen LogP contribution in [0, 0.1) is 13.8 Å². The summed E-state index contributed by atoms with van der Waals surface area (Å²) >= 11 is 0. The number of ether oxygens (including phenoxy) is 1. The highest BCUT2D eigenvalue weighted by atomic mass is 16.5. The van der Waals surface area contributed by atoms with Gasteiger partial charge in [0.15, 0.2) is 0 Å². The third-order valence-electron chi connectivity index (χ3n) is 2.89. The Kier molecular flexibility index (Phi) is 3.66. The van der Waals surface area contributed by atoms with E-state index in [1.165, 1.54) is 6.33 Å². The number of aryl methyl sites for hydroxylation is 2. The third-order valence-corrected chi connectivity index (χ3v) is 2.89. The van der Waals surface area contributed by atoms with Gasteiger partial charge in [0.1, 0.15) is 23.4 Å². The van der Waals surface area contributed by atoms with E-state index in [0.717, 1.165) is 22.5 Å². The molecule has 0 saturated heterocycles. The van der Waals surface area contributed by atoms with Gasteiger partial charge in [0.2, 0.25) is 0 Å². The largest absolute Gasteiger partial charge is 0.507 e. The van der Waals surface area contributed by atoms with E-state index in [1.807, 2.05) is 46.8 Å². The summed E-state index contributed by atoms with van der Waals surface area (Å²) in [4.78, 5) is 8.37. The lowest BCUT2D eigenvalue weighted by Crippen LogP contribution is -2.22. The number of phenolic OH excluding ortho intramolecular Hbond substituents is 1. The van der Waals surface area contributed by atoms with Crippen molar-refractivity contribution in [2.24, 2.45) is 0 Å². The van der Waals surface area contributed by atoms with Crippen LogP contribution in [0.1, 0.15) is 32.2 Å². The molecule has 0 bridgehead atoms. The molecule has 0 aliphatic rings. The number of aromatic hydroxyl groups is 1. The van der Waals surface area contributed by atoms with Gasteiger partial charge in [-0.15, -0.1) is 0 Å². The van der Waals surface area contributed by atoms with E-state index in [9.17, 15) is 5.11 Å². The second kappa shape index (κ2) is 5.12. The highest BCUT2D eigenvalue weighted by molar-refractivity contribution is 5.74. The van der Waals surface area contributed by atoms with E-state index < -0.39 is 0 Å². The highest BCUT2D eigenvalue weighted by Gasteiger charge is 2.15. The summed E-state index contributed by atoms with van der Waals surface area (Å²) in [5, 5.41) is 10.3. The summed E-state index contributed by atoms with van der Waals surface area (Å²) in [7, 11) is 0. The number of hydrogen-bond donors (Lipinski definition) is 1. The van der Waals surface area contributed by atoms with Crippen LogP contribution in [0.25, 0.3) is 11.1 Å². The molecule has 4 heteroatoms. The Hall–Kier alpha value is -2.10. The molecule has 1 N–H and O–H groups in total. The fourth-order valence-electron chi connectivity index (χ4n) is 2.12. The topological polar surface area (TPSA) is 55.2 Å². The van der Waals surface area contributed by atoms with Gasteiger partial charge in [-0.1, -0.05) is 0 Å². The molecule has 0 atom stereocenters. The van der Waals surface area contributed by atoms with Gasteiger partial charge in [0.25, 0.3) is 0 Å². The van der Waals surface area contributed by atoms with Gasteiger partial charge in [-0.25, -0.2) is 9.97 Å². The zero-order chi connectivity index (χ0) is 14.9. The molecule has 0 fully saturated rings. The van der Waals surface area contributed by atoms with Crippen LogP contribution in [0.4, 0.5) is 0 Å². The molecule has 0 spiro atoms.